The van der Waals surface area contributed by atoms with Gasteiger partial charge >= 0.3 is 6.03 Å². The monoisotopic (exact) mass is 393 g/mol. The predicted molar refractivity (Wildman–Crippen MR) is 112 cm³/mol. The smallest absolute Gasteiger partial charge is 0.323 e. The molecule has 3 aromatic rings. The summed E-state index contributed by atoms with van der Waals surface area (Å²) in [6.07, 6.45) is 3.90. The van der Waals surface area contributed by atoms with E-state index in [9.17, 15) is 4.79 Å². The molecule has 0 bridgehead atoms. The van der Waals surface area contributed by atoms with Crippen LogP contribution in [-0.4, -0.2) is 22.5 Å². The van der Waals surface area contributed by atoms with Crippen molar-refractivity contribution in [2.45, 2.75) is 19.9 Å². The Balaban J connectivity index is 1.49. The van der Waals surface area contributed by atoms with Crippen molar-refractivity contribution < 1.29 is 4.79 Å². The largest absolute Gasteiger partial charge is 0.351 e. The van der Waals surface area contributed by atoms with Crippen LogP contribution in [0.5, 0.6) is 0 Å². The number of nitrogens with one attached hydrogen (secondary N) is 2. The highest BCUT2D eigenvalue weighted by molar-refractivity contribution is 6.32. The van der Waals surface area contributed by atoms with E-state index in [4.69, 9.17) is 11.6 Å². The second-order valence-electron chi connectivity index (χ2n) is 6.75. The first-order valence-electron chi connectivity index (χ1n) is 9.06. The third-order valence-electron chi connectivity index (χ3n) is 4.77. The zero-order valence-corrected chi connectivity index (χ0v) is 16.2. The van der Waals surface area contributed by atoms with E-state index in [-0.39, 0.29) is 6.03 Å². The zero-order chi connectivity index (χ0) is 19.5. The quantitative estimate of drug-likeness (QED) is 0.679. The van der Waals surface area contributed by atoms with Gasteiger partial charge in [-0.25, -0.2) is 14.8 Å². The molecule has 2 amide bonds. The summed E-state index contributed by atoms with van der Waals surface area (Å²) in [5.74, 6) is 0.734. The van der Waals surface area contributed by atoms with Gasteiger partial charge in [0.05, 0.1) is 6.20 Å². The number of amides is 2. The van der Waals surface area contributed by atoms with Crippen molar-refractivity contribution in [2.75, 3.05) is 22.1 Å². The molecule has 1 aliphatic heterocycles. The number of urea groups is 1. The number of rotatable bonds is 3. The number of benzene rings is 2. The zero-order valence-electron chi connectivity index (χ0n) is 15.4. The number of nitrogens with zero attached hydrogens (tertiary/aromatic N) is 3. The number of fused-ring (bicyclic) bond motifs is 1. The Kier molecular flexibility index (Phi) is 5.12. The van der Waals surface area contributed by atoms with Crippen molar-refractivity contribution in [3.05, 3.63) is 76.7 Å². The number of halogens is 1. The van der Waals surface area contributed by atoms with Gasteiger partial charge in [-0.3, -0.25) is 0 Å². The fourth-order valence-corrected chi connectivity index (χ4v) is 3.59. The van der Waals surface area contributed by atoms with Gasteiger partial charge in [0, 0.05) is 24.5 Å². The van der Waals surface area contributed by atoms with Crippen LogP contribution in [0.1, 0.15) is 16.7 Å². The molecular weight excluding hydrogens is 374 g/mol. The van der Waals surface area contributed by atoms with Crippen LogP contribution in [0.25, 0.3) is 0 Å². The highest BCUT2D eigenvalue weighted by atomic mass is 35.5. The third kappa shape index (κ3) is 3.92. The lowest BCUT2D eigenvalue weighted by molar-refractivity contribution is 0.262. The van der Waals surface area contributed by atoms with E-state index in [0.29, 0.717) is 11.6 Å². The lowest BCUT2D eigenvalue weighted by Gasteiger charge is -2.31. The van der Waals surface area contributed by atoms with E-state index in [1.54, 1.807) is 6.20 Å². The summed E-state index contributed by atoms with van der Waals surface area (Å²) >= 11 is 6.24. The molecule has 2 heterocycles. The molecule has 0 saturated carbocycles. The highest BCUT2D eigenvalue weighted by Crippen LogP contribution is 2.31. The van der Waals surface area contributed by atoms with Crippen LogP contribution in [-0.2, 0) is 13.0 Å². The molecule has 0 fully saturated rings. The molecule has 0 aliphatic carbocycles. The van der Waals surface area contributed by atoms with Gasteiger partial charge in [0.1, 0.15) is 11.3 Å². The first kappa shape index (κ1) is 18.3. The molecule has 1 aromatic heterocycles. The molecular formula is C21H20ClN5O. The maximum atomic E-state index is 12.4. The second-order valence-corrected chi connectivity index (χ2v) is 7.16. The van der Waals surface area contributed by atoms with E-state index in [0.717, 1.165) is 46.8 Å². The summed E-state index contributed by atoms with van der Waals surface area (Å²) in [6.45, 7) is 3.46. The summed E-state index contributed by atoms with van der Waals surface area (Å²) in [4.78, 5) is 22.8. The number of aryl methyl sites for hydroxylation is 1. The van der Waals surface area contributed by atoms with Crippen molar-refractivity contribution in [1.82, 2.24) is 9.97 Å². The summed E-state index contributed by atoms with van der Waals surface area (Å²) in [7, 11) is 0. The Labute approximate surface area is 168 Å². The maximum Gasteiger partial charge on any atom is 0.323 e. The maximum absolute atomic E-state index is 12.4. The molecule has 142 valence electrons. The van der Waals surface area contributed by atoms with E-state index >= 15 is 0 Å². The summed E-state index contributed by atoms with van der Waals surface area (Å²) in [5, 5.41) is 6.39. The van der Waals surface area contributed by atoms with Crippen LogP contribution in [0.4, 0.5) is 22.0 Å². The van der Waals surface area contributed by atoms with Gasteiger partial charge < -0.3 is 15.5 Å². The van der Waals surface area contributed by atoms with Gasteiger partial charge in [-0.05, 0) is 42.7 Å². The Hall–Kier alpha value is -3.12. The highest BCUT2D eigenvalue weighted by Gasteiger charge is 2.22. The first-order valence-corrected chi connectivity index (χ1v) is 9.44. The van der Waals surface area contributed by atoms with Crippen LogP contribution in [0.15, 0.2) is 55.0 Å². The van der Waals surface area contributed by atoms with Crippen molar-refractivity contribution in [1.29, 1.82) is 0 Å². The van der Waals surface area contributed by atoms with Crippen LogP contribution in [0.3, 0.4) is 0 Å². The number of hydrogen-bond acceptors (Lipinski definition) is 4. The van der Waals surface area contributed by atoms with Gasteiger partial charge in [0.15, 0.2) is 5.82 Å². The number of aromatic nitrogens is 2. The normalized spacial score (nSPS) is 13.0. The van der Waals surface area contributed by atoms with Gasteiger partial charge in [-0.2, -0.15) is 0 Å². The average molecular weight is 394 g/mol. The van der Waals surface area contributed by atoms with E-state index < -0.39 is 0 Å². The Bertz CT molecular complexity index is 1010. The third-order valence-corrected chi connectivity index (χ3v) is 5.04. The second kappa shape index (κ2) is 7.86. The number of carbonyl (C=O) groups is 1. The minimum atomic E-state index is -0.251. The number of carbonyl (C=O) groups excluding carboxylic acids is 1. The van der Waals surface area contributed by atoms with Crippen molar-refractivity contribution in [2.24, 2.45) is 0 Å². The molecule has 0 atom stereocenters. The molecule has 0 radical (unpaired) electrons. The summed E-state index contributed by atoms with van der Waals surface area (Å²) in [6, 6.07) is 13.4. The molecule has 0 spiro atoms. The lowest BCUT2D eigenvalue weighted by atomic mass is 9.97. The standard InChI is InChI=1S/C21H20ClN5O/c1-14-5-7-16(8-6-14)25-21(28)26-19-4-2-3-15-12-27(10-9-17(15)19)20-18(22)11-23-13-24-20/h2-8,11,13H,9-10,12H2,1H3,(H2,25,26,28). The topological polar surface area (TPSA) is 70.2 Å². The number of anilines is 3. The van der Waals surface area contributed by atoms with Gasteiger partial charge in [-0.15, -0.1) is 0 Å². The molecule has 7 heteroatoms. The van der Waals surface area contributed by atoms with Crippen LogP contribution in [0.2, 0.25) is 5.02 Å². The first-order chi connectivity index (χ1) is 13.6. The Morgan fingerprint density at radius 2 is 1.96 bits per heavy atom. The fraction of sp³-hybridized carbons (Fsp3) is 0.190. The predicted octanol–water partition coefficient (Wildman–Crippen LogP) is 4.65. The van der Waals surface area contributed by atoms with Crippen LogP contribution in [0, 0.1) is 6.92 Å². The van der Waals surface area contributed by atoms with Crippen molar-refractivity contribution in [3.63, 3.8) is 0 Å². The van der Waals surface area contributed by atoms with E-state index in [1.807, 2.05) is 43.3 Å². The van der Waals surface area contributed by atoms with Crippen molar-refractivity contribution in [3.8, 4) is 0 Å². The molecule has 6 nitrogen and oxygen atoms in total. The van der Waals surface area contributed by atoms with Gasteiger partial charge in [0.25, 0.3) is 0 Å². The van der Waals surface area contributed by atoms with Crippen LogP contribution >= 0.6 is 11.6 Å². The minimum Gasteiger partial charge on any atom is -0.351 e. The van der Waals surface area contributed by atoms with Crippen LogP contribution < -0.4 is 15.5 Å². The Morgan fingerprint density at radius 3 is 2.75 bits per heavy atom. The van der Waals surface area contributed by atoms with Crippen molar-refractivity contribution >= 4 is 34.8 Å². The lowest BCUT2D eigenvalue weighted by Crippen LogP contribution is -2.32. The minimum absolute atomic E-state index is 0.251. The Morgan fingerprint density at radius 1 is 1.14 bits per heavy atom. The van der Waals surface area contributed by atoms with Gasteiger partial charge in [0.2, 0.25) is 0 Å². The van der Waals surface area contributed by atoms with E-state index in [1.165, 1.54) is 6.33 Å². The molecule has 1 aliphatic rings. The molecule has 2 aromatic carbocycles. The summed E-state index contributed by atoms with van der Waals surface area (Å²) in [5.41, 5.74) is 5.03. The summed E-state index contributed by atoms with van der Waals surface area (Å²) < 4.78 is 0. The number of hydrogen-bond donors (Lipinski definition) is 2. The molecule has 4 rings (SSSR count). The fourth-order valence-electron chi connectivity index (χ4n) is 3.37. The molecule has 28 heavy (non-hydrogen) atoms. The molecule has 0 saturated heterocycles. The molecule has 0 unspecified atom stereocenters. The van der Waals surface area contributed by atoms with Gasteiger partial charge in [-0.1, -0.05) is 41.4 Å². The SMILES string of the molecule is Cc1ccc(NC(=O)Nc2cccc3c2CCN(c2ncncc2Cl)C3)cc1. The average Bonchev–Trinajstić information content (AvgIpc) is 2.70. The van der Waals surface area contributed by atoms with E-state index in [2.05, 4.69) is 31.6 Å². The molecule has 2 N–H and O–H groups in total.